The van der Waals surface area contributed by atoms with Crippen LogP contribution in [0.4, 0.5) is 0 Å². The first-order chi connectivity index (χ1) is 13.1. The second-order valence-corrected chi connectivity index (χ2v) is 11.4. The molecule has 0 saturated heterocycles. The third-order valence-corrected chi connectivity index (χ3v) is 9.74. The first kappa shape index (κ1) is 24.9. The van der Waals surface area contributed by atoms with Crippen LogP contribution in [0, 0.1) is 5.41 Å². The monoisotopic (exact) mass is 438 g/mol. The van der Waals surface area contributed by atoms with Crippen LogP contribution in [0.3, 0.4) is 0 Å². The number of allylic oxidation sites excluding steroid dienone is 4. The van der Waals surface area contributed by atoms with Gasteiger partial charge in [-0.1, -0.05) is 0 Å². The molecule has 0 bridgehead atoms. The summed E-state index contributed by atoms with van der Waals surface area (Å²) in [6.45, 7) is 24.7. The van der Waals surface area contributed by atoms with E-state index in [2.05, 4.69) is 19.7 Å². The van der Waals surface area contributed by atoms with Crippen molar-refractivity contribution in [2.45, 2.75) is 55.4 Å². The molecule has 1 aliphatic carbocycles. The fourth-order valence-corrected chi connectivity index (χ4v) is 8.18. The van der Waals surface area contributed by atoms with E-state index in [1.54, 1.807) is 0 Å². The summed E-state index contributed by atoms with van der Waals surface area (Å²) in [7, 11) is 0. The zero-order chi connectivity index (χ0) is 22.9. The normalized spacial score (nSPS) is 15.7. The average Bonchev–Trinajstić information content (AvgIpc) is 2.73. The zero-order valence-electron chi connectivity index (χ0n) is 18.6. The third kappa shape index (κ3) is 4.88. The summed E-state index contributed by atoms with van der Waals surface area (Å²) in [6, 6.07) is 0. The van der Waals surface area contributed by atoms with E-state index in [4.69, 9.17) is 9.96 Å². The first-order valence-electron chi connectivity index (χ1n) is 9.15. The van der Waals surface area contributed by atoms with E-state index in [0.717, 1.165) is 16.7 Å². The zero-order valence-corrected chi connectivity index (χ0v) is 20.1. The molecule has 0 saturated carbocycles. The van der Waals surface area contributed by atoms with Gasteiger partial charge in [0.1, 0.15) is 0 Å². The molecule has 158 valence electrons. The van der Waals surface area contributed by atoms with Crippen LogP contribution in [0.15, 0.2) is 57.1 Å². The van der Waals surface area contributed by atoms with Gasteiger partial charge in [0.2, 0.25) is 0 Å². The van der Waals surface area contributed by atoms with Crippen molar-refractivity contribution in [2.24, 2.45) is 5.41 Å². The Labute approximate surface area is 177 Å². The Kier molecular flexibility index (Phi) is 7.44. The van der Waals surface area contributed by atoms with E-state index in [1.807, 2.05) is 34.6 Å². The van der Waals surface area contributed by atoms with E-state index in [1.165, 1.54) is 20.8 Å². The molecule has 0 atom stereocenters. The molecule has 0 heterocycles. The molecule has 0 aromatic heterocycles. The molecule has 0 radical (unpaired) electrons. The summed E-state index contributed by atoms with van der Waals surface area (Å²) in [5.74, 6) is -2.40. The summed E-state index contributed by atoms with van der Waals surface area (Å²) in [6.07, 6.45) is 0. The Morgan fingerprint density at radius 2 is 1.03 bits per heavy atom. The van der Waals surface area contributed by atoms with E-state index in [9.17, 15) is 14.4 Å². The van der Waals surface area contributed by atoms with E-state index in [0.29, 0.717) is 3.88 Å². The Morgan fingerprint density at radius 1 is 0.724 bits per heavy atom. The van der Waals surface area contributed by atoms with Gasteiger partial charge in [-0.2, -0.15) is 0 Å². The van der Waals surface area contributed by atoms with Crippen LogP contribution in [0.5, 0.6) is 0 Å². The molecule has 1 aliphatic rings. The second-order valence-electron chi connectivity index (χ2n) is 7.94. The molecule has 0 aromatic rings. The SMILES string of the molecule is C=C(C)C(=O)[O][Ti]([O]C(=O)C(=C)C)([O]C(=O)C(=C)C)[C]1=C(C)C(C)=C(C)C1(C)C. The molecule has 0 fully saturated rings. The maximum atomic E-state index is 12.6. The van der Waals surface area contributed by atoms with Gasteiger partial charge >= 0.3 is 178 Å². The second kappa shape index (κ2) is 8.68. The average molecular weight is 438 g/mol. The molecule has 29 heavy (non-hydrogen) atoms. The van der Waals surface area contributed by atoms with Crippen LogP contribution >= 0.6 is 0 Å². The summed E-state index contributed by atoms with van der Waals surface area (Å²) in [5.41, 5.74) is 2.35. The van der Waals surface area contributed by atoms with Crippen molar-refractivity contribution in [3.05, 3.63) is 57.1 Å². The van der Waals surface area contributed by atoms with Crippen LogP contribution in [0.2, 0.25) is 0 Å². The van der Waals surface area contributed by atoms with Crippen LogP contribution in [-0.4, -0.2) is 17.9 Å². The van der Waals surface area contributed by atoms with Crippen molar-refractivity contribution < 1.29 is 42.1 Å². The Morgan fingerprint density at radius 3 is 1.24 bits per heavy atom. The minimum absolute atomic E-state index is 0.0909. The molecule has 0 unspecified atom stereocenters. The van der Waals surface area contributed by atoms with Gasteiger partial charge in [0, 0.05) is 0 Å². The van der Waals surface area contributed by atoms with Crippen molar-refractivity contribution >= 4 is 17.9 Å². The predicted molar refractivity (Wildman–Crippen MR) is 108 cm³/mol. The Bertz CT molecular complexity index is 816. The van der Waals surface area contributed by atoms with Crippen LogP contribution < -0.4 is 0 Å². The summed E-state index contributed by atoms with van der Waals surface area (Å²) in [4.78, 5) is 37.7. The molecule has 0 amide bonds. The third-order valence-electron chi connectivity index (χ3n) is 5.10. The van der Waals surface area contributed by atoms with Crippen molar-refractivity contribution in [1.29, 1.82) is 0 Å². The van der Waals surface area contributed by atoms with Gasteiger partial charge in [-0.15, -0.1) is 0 Å². The van der Waals surface area contributed by atoms with Crippen LogP contribution in [-0.2, 0) is 42.1 Å². The number of hydrogen-bond acceptors (Lipinski definition) is 6. The molecule has 1 rings (SSSR count). The minimum atomic E-state index is -5.11. The Hall–Kier alpha value is -2.18. The van der Waals surface area contributed by atoms with Gasteiger partial charge in [0.05, 0.1) is 0 Å². The standard InChI is InChI=1S/C10H15.3C4H6O2.Ti/c1-7-6-10(4,5)9(3)8(7)2;3*1-3(2)4(5)6;/h1-5H3;3*1H2,2H3,(H,5,6);/q;;;;+3/p-3. The number of carbonyl (C=O) groups is 3. The van der Waals surface area contributed by atoms with Crippen molar-refractivity contribution in [3.63, 3.8) is 0 Å². The van der Waals surface area contributed by atoms with Gasteiger partial charge in [0.25, 0.3) is 0 Å². The van der Waals surface area contributed by atoms with E-state index in [-0.39, 0.29) is 16.7 Å². The quantitative estimate of drug-likeness (QED) is 0.416. The van der Waals surface area contributed by atoms with Gasteiger partial charge in [-0.05, 0) is 0 Å². The van der Waals surface area contributed by atoms with Crippen molar-refractivity contribution in [1.82, 2.24) is 0 Å². The summed E-state index contributed by atoms with van der Waals surface area (Å²) >= 11 is -5.11. The molecular formula is C22H30O6Ti. The predicted octanol–water partition coefficient (Wildman–Crippen LogP) is 4.89. The molecule has 7 heteroatoms. The number of hydrogen-bond donors (Lipinski definition) is 0. The fraction of sp³-hybridized carbons (Fsp3) is 0.409. The van der Waals surface area contributed by atoms with Crippen molar-refractivity contribution in [3.8, 4) is 0 Å². The van der Waals surface area contributed by atoms with E-state index < -0.39 is 41.1 Å². The van der Waals surface area contributed by atoms with Gasteiger partial charge in [-0.25, -0.2) is 0 Å². The fourth-order valence-electron chi connectivity index (χ4n) is 3.05. The van der Waals surface area contributed by atoms with Crippen LogP contribution in [0.1, 0.15) is 55.4 Å². The van der Waals surface area contributed by atoms with Crippen LogP contribution in [0.25, 0.3) is 0 Å². The summed E-state index contributed by atoms with van der Waals surface area (Å²) in [5, 5.41) is 0. The van der Waals surface area contributed by atoms with Gasteiger partial charge in [0.15, 0.2) is 0 Å². The molecule has 0 aromatic carbocycles. The molecule has 0 aliphatic heterocycles. The Balaban J connectivity index is 3.85. The molecule has 0 spiro atoms. The number of carbonyl (C=O) groups excluding carboxylic acids is 3. The van der Waals surface area contributed by atoms with E-state index >= 15 is 0 Å². The van der Waals surface area contributed by atoms with Crippen molar-refractivity contribution in [2.75, 3.05) is 0 Å². The molecule has 6 nitrogen and oxygen atoms in total. The van der Waals surface area contributed by atoms with Gasteiger partial charge < -0.3 is 0 Å². The maximum absolute atomic E-state index is 12.6. The first-order valence-corrected chi connectivity index (χ1v) is 11.8. The molecular weight excluding hydrogens is 408 g/mol. The molecule has 0 N–H and O–H groups in total. The topological polar surface area (TPSA) is 78.9 Å². The van der Waals surface area contributed by atoms with Gasteiger partial charge in [-0.3, -0.25) is 0 Å². The summed E-state index contributed by atoms with van der Waals surface area (Å²) < 4.78 is 17.7. The number of rotatable bonds is 7.